The molecule has 9 heteroatoms. The van der Waals surface area contributed by atoms with Crippen LogP contribution >= 0.6 is 0 Å². The first-order valence-corrected chi connectivity index (χ1v) is 11.2. The molecule has 2 aliphatic heterocycles. The predicted molar refractivity (Wildman–Crippen MR) is 109 cm³/mol. The van der Waals surface area contributed by atoms with Crippen LogP contribution in [0.3, 0.4) is 0 Å². The van der Waals surface area contributed by atoms with E-state index in [4.69, 9.17) is 4.74 Å². The molecule has 0 radical (unpaired) electrons. The van der Waals surface area contributed by atoms with Crippen molar-refractivity contribution in [3.8, 4) is 0 Å². The summed E-state index contributed by atoms with van der Waals surface area (Å²) in [4.78, 5) is 6.73. The molecule has 2 aromatic rings. The Morgan fingerprint density at radius 2 is 1.86 bits per heavy atom. The molecule has 7 nitrogen and oxygen atoms in total. The number of hydrogen-bond acceptors (Lipinski definition) is 6. The van der Waals surface area contributed by atoms with Crippen LogP contribution in [0.1, 0.15) is 6.42 Å². The third kappa shape index (κ3) is 4.68. The van der Waals surface area contributed by atoms with Crippen LogP contribution in [-0.2, 0) is 14.8 Å². The monoisotopic (exact) mass is 420 g/mol. The van der Waals surface area contributed by atoms with E-state index in [9.17, 15) is 12.8 Å². The summed E-state index contributed by atoms with van der Waals surface area (Å²) in [7, 11) is -3.52. The summed E-state index contributed by atoms with van der Waals surface area (Å²) in [5.41, 5.74) is 1.03. The van der Waals surface area contributed by atoms with Gasteiger partial charge in [-0.2, -0.15) is 4.31 Å². The fourth-order valence-corrected chi connectivity index (χ4v) is 5.06. The minimum absolute atomic E-state index is 0.202. The fraction of sp³-hybridized carbons (Fsp3) is 0.450. The lowest BCUT2D eigenvalue weighted by Crippen LogP contribution is -2.40. The molecule has 1 N–H and O–H groups in total. The van der Waals surface area contributed by atoms with E-state index in [0.717, 1.165) is 31.7 Å². The molecular weight excluding hydrogens is 395 g/mol. The van der Waals surface area contributed by atoms with Gasteiger partial charge in [0.25, 0.3) is 0 Å². The highest BCUT2D eigenvalue weighted by Crippen LogP contribution is 2.24. The third-order valence-electron chi connectivity index (χ3n) is 5.39. The zero-order chi connectivity index (χ0) is 20.3. The smallest absolute Gasteiger partial charge is 0.244 e. The van der Waals surface area contributed by atoms with Crippen molar-refractivity contribution in [2.75, 3.05) is 56.2 Å². The number of rotatable bonds is 6. The Morgan fingerprint density at radius 1 is 1.10 bits per heavy atom. The minimum Gasteiger partial charge on any atom is -0.379 e. The Labute approximate surface area is 170 Å². The highest BCUT2D eigenvalue weighted by Gasteiger charge is 2.27. The molecule has 3 heterocycles. The van der Waals surface area contributed by atoms with Crippen molar-refractivity contribution >= 4 is 21.5 Å². The maximum atomic E-state index is 13.1. The Kier molecular flexibility index (Phi) is 5.98. The molecule has 4 rings (SSSR count). The van der Waals surface area contributed by atoms with Crippen LogP contribution in [0.25, 0.3) is 0 Å². The van der Waals surface area contributed by atoms with Crippen LogP contribution in [0.5, 0.6) is 0 Å². The summed E-state index contributed by atoms with van der Waals surface area (Å²) in [5, 5.41) is 3.30. The number of nitrogens with one attached hydrogen (secondary N) is 1. The van der Waals surface area contributed by atoms with Crippen LogP contribution < -0.4 is 10.2 Å². The number of sulfonamides is 1. The second kappa shape index (κ2) is 8.64. The second-order valence-corrected chi connectivity index (χ2v) is 9.29. The Hall–Kier alpha value is -2.23. The standard InChI is InChI=1S/C20H25FN4O3S/c21-17-1-3-18(4-2-17)24-8-7-16(15-24)13-22-20-6-5-19(14-23-20)29(26,27)25-9-11-28-12-10-25/h1-6,14,16H,7-13,15H2,(H,22,23). The zero-order valence-electron chi connectivity index (χ0n) is 16.1. The lowest BCUT2D eigenvalue weighted by atomic mass is 10.1. The van der Waals surface area contributed by atoms with Gasteiger partial charge >= 0.3 is 0 Å². The van der Waals surface area contributed by atoms with Crippen LogP contribution in [0, 0.1) is 11.7 Å². The van der Waals surface area contributed by atoms with E-state index in [0.29, 0.717) is 38.0 Å². The number of halogens is 1. The van der Waals surface area contributed by atoms with E-state index in [1.807, 2.05) is 0 Å². The van der Waals surface area contributed by atoms with E-state index in [2.05, 4.69) is 15.2 Å². The second-order valence-electron chi connectivity index (χ2n) is 7.35. The molecule has 2 saturated heterocycles. The van der Waals surface area contributed by atoms with Gasteiger partial charge in [-0.15, -0.1) is 0 Å². The van der Waals surface area contributed by atoms with Gasteiger partial charge in [0.15, 0.2) is 0 Å². The first-order chi connectivity index (χ1) is 14.0. The number of aromatic nitrogens is 1. The van der Waals surface area contributed by atoms with Crippen molar-refractivity contribution in [1.29, 1.82) is 0 Å². The number of nitrogens with zero attached hydrogens (tertiary/aromatic N) is 3. The van der Waals surface area contributed by atoms with Crippen molar-refractivity contribution in [1.82, 2.24) is 9.29 Å². The van der Waals surface area contributed by atoms with E-state index in [1.54, 1.807) is 24.3 Å². The first-order valence-electron chi connectivity index (χ1n) is 9.81. The Balaban J connectivity index is 1.31. The highest BCUT2D eigenvalue weighted by molar-refractivity contribution is 7.89. The molecule has 1 atom stereocenters. The summed E-state index contributed by atoms with van der Waals surface area (Å²) < 4.78 is 45.0. The van der Waals surface area contributed by atoms with Gasteiger partial charge in [0.05, 0.1) is 13.2 Å². The Bertz CT molecular complexity index is 916. The predicted octanol–water partition coefficient (Wildman–Crippen LogP) is 2.18. The lowest BCUT2D eigenvalue weighted by molar-refractivity contribution is 0.0730. The molecule has 2 aliphatic rings. The summed E-state index contributed by atoms with van der Waals surface area (Å²) in [6, 6.07) is 9.88. The van der Waals surface area contributed by atoms with Gasteiger partial charge in [0.2, 0.25) is 10.0 Å². The maximum Gasteiger partial charge on any atom is 0.244 e. The number of ether oxygens (including phenoxy) is 1. The van der Waals surface area contributed by atoms with Gasteiger partial charge in [-0.1, -0.05) is 0 Å². The lowest BCUT2D eigenvalue weighted by Gasteiger charge is -2.25. The van der Waals surface area contributed by atoms with Crippen molar-refractivity contribution in [2.24, 2.45) is 5.92 Å². The molecular formula is C20H25FN4O3S. The summed E-state index contributed by atoms with van der Waals surface area (Å²) >= 11 is 0. The molecule has 2 fully saturated rings. The summed E-state index contributed by atoms with van der Waals surface area (Å²) in [6.07, 6.45) is 2.44. The van der Waals surface area contributed by atoms with Crippen molar-refractivity contribution < 1.29 is 17.5 Å². The third-order valence-corrected chi connectivity index (χ3v) is 7.28. The van der Waals surface area contributed by atoms with E-state index in [1.165, 1.54) is 22.6 Å². The molecule has 0 spiro atoms. The fourth-order valence-electron chi connectivity index (χ4n) is 3.71. The van der Waals surface area contributed by atoms with Crippen molar-refractivity contribution in [3.63, 3.8) is 0 Å². The van der Waals surface area contributed by atoms with Crippen molar-refractivity contribution in [3.05, 3.63) is 48.4 Å². The van der Waals surface area contributed by atoms with Gasteiger partial charge in [-0.25, -0.2) is 17.8 Å². The first kappa shape index (κ1) is 20.1. The number of anilines is 2. The quantitative estimate of drug-likeness (QED) is 0.772. The molecule has 0 saturated carbocycles. The Morgan fingerprint density at radius 3 is 2.55 bits per heavy atom. The average Bonchev–Trinajstić information content (AvgIpc) is 3.23. The van der Waals surface area contributed by atoms with Gasteiger partial charge in [-0.05, 0) is 48.7 Å². The molecule has 1 aromatic heterocycles. The topological polar surface area (TPSA) is 74.8 Å². The van der Waals surface area contributed by atoms with E-state index >= 15 is 0 Å². The maximum absolute atomic E-state index is 13.1. The van der Waals surface area contributed by atoms with Crippen molar-refractivity contribution in [2.45, 2.75) is 11.3 Å². The summed E-state index contributed by atoms with van der Waals surface area (Å²) in [6.45, 7) is 4.15. The normalized spacial score (nSPS) is 20.7. The van der Waals surface area contributed by atoms with Gasteiger partial charge in [0.1, 0.15) is 16.5 Å². The minimum atomic E-state index is -3.52. The van der Waals surface area contributed by atoms with Gasteiger partial charge in [-0.3, -0.25) is 0 Å². The molecule has 0 amide bonds. The van der Waals surface area contributed by atoms with Gasteiger partial charge in [0, 0.05) is 44.6 Å². The molecule has 156 valence electrons. The number of hydrogen-bond donors (Lipinski definition) is 1. The average molecular weight is 421 g/mol. The zero-order valence-corrected chi connectivity index (χ0v) is 16.9. The van der Waals surface area contributed by atoms with Crippen LogP contribution in [0.2, 0.25) is 0 Å². The molecule has 1 unspecified atom stereocenters. The highest BCUT2D eigenvalue weighted by atomic mass is 32.2. The molecule has 1 aromatic carbocycles. The molecule has 0 aliphatic carbocycles. The number of pyridine rings is 1. The largest absolute Gasteiger partial charge is 0.379 e. The van der Waals surface area contributed by atoms with Crippen LogP contribution in [-0.4, -0.2) is 63.6 Å². The van der Waals surface area contributed by atoms with Crippen LogP contribution in [0.15, 0.2) is 47.5 Å². The van der Waals surface area contributed by atoms with Crippen LogP contribution in [0.4, 0.5) is 15.9 Å². The number of benzene rings is 1. The SMILES string of the molecule is O=S(=O)(c1ccc(NCC2CCN(c3ccc(F)cc3)C2)nc1)N1CCOCC1. The summed E-state index contributed by atoms with van der Waals surface area (Å²) in [5.74, 6) is 0.876. The molecule has 29 heavy (non-hydrogen) atoms. The van der Waals surface area contributed by atoms with Gasteiger partial charge < -0.3 is 15.0 Å². The molecule has 0 bridgehead atoms. The van der Waals surface area contributed by atoms with E-state index in [-0.39, 0.29) is 10.7 Å². The number of morpholine rings is 1. The van der Waals surface area contributed by atoms with E-state index < -0.39 is 10.0 Å².